The molecule has 1 aromatic heterocycles. The smallest absolute Gasteiger partial charge is 0.317 e. The summed E-state index contributed by atoms with van der Waals surface area (Å²) in [5.41, 5.74) is 3.61. The number of hydrogen-bond donors (Lipinski definition) is 2. The van der Waals surface area contributed by atoms with Gasteiger partial charge < -0.3 is 24.6 Å². The zero-order chi connectivity index (χ0) is 20.5. The van der Waals surface area contributed by atoms with Gasteiger partial charge in [-0.3, -0.25) is 0 Å². The third-order valence-electron chi connectivity index (χ3n) is 6.98. The quantitative estimate of drug-likeness (QED) is 0.812. The number of nitrogens with one attached hydrogen (secondary N) is 1. The van der Waals surface area contributed by atoms with E-state index in [1.807, 2.05) is 17.4 Å². The second-order valence-electron chi connectivity index (χ2n) is 8.75. The van der Waals surface area contributed by atoms with E-state index in [2.05, 4.69) is 39.1 Å². The lowest BCUT2D eigenvalue weighted by molar-refractivity contribution is 0.0511. The Morgan fingerprint density at radius 1 is 1.20 bits per heavy atom. The van der Waals surface area contributed by atoms with Gasteiger partial charge in [0, 0.05) is 37.9 Å². The molecule has 2 amide bonds. The van der Waals surface area contributed by atoms with Gasteiger partial charge >= 0.3 is 6.03 Å². The second kappa shape index (κ2) is 8.40. The van der Waals surface area contributed by atoms with E-state index in [4.69, 9.17) is 4.74 Å². The number of piperidine rings is 1. The third kappa shape index (κ3) is 3.72. The van der Waals surface area contributed by atoms with Gasteiger partial charge in [0.15, 0.2) is 0 Å². The number of likely N-dealkylation sites (tertiary alicyclic amines) is 1. The Balaban J connectivity index is 1.17. The van der Waals surface area contributed by atoms with Crippen molar-refractivity contribution in [3.63, 3.8) is 0 Å². The summed E-state index contributed by atoms with van der Waals surface area (Å²) < 4.78 is 7.55. The summed E-state index contributed by atoms with van der Waals surface area (Å²) in [4.78, 5) is 18.8. The molecule has 3 aliphatic heterocycles. The lowest BCUT2D eigenvalue weighted by atomic mass is 9.86. The van der Waals surface area contributed by atoms with Crippen molar-refractivity contribution >= 4 is 6.03 Å². The summed E-state index contributed by atoms with van der Waals surface area (Å²) in [6.45, 7) is 2.85. The van der Waals surface area contributed by atoms with E-state index in [-0.39, 0.29) is 24.0 Å². The molecule has 0 radical (unpaired) electrons. The average molecular weight is 411 g/mol. The molecule has 2 fully saturated rings. The molecule has 2 atom stereocenters. The van der Waals surface area contributed by atoms with Crippen molar-refractivity contribution in [2.24, 2.45) is 5.92 Å². The van der Waals surface area contributed by atoms with Gasteiger partial charge in [-0.05, 0) is 43.6 Å². The Morgan fingerprint density at radius 3 is 2.77 bits per heavy atom. The Bertz CT molecular complexity index is 884. The van der Waals surface area contributed by atoms with Crippen LogP contribution in [-0.4, -0.2) is 64.0 Å². The van der Waals surface area contributed by atoms with E-state index in [1.165, 1.54) is 11.1 Å². The predicted octanol–water partition coefficient (Wildman–Crippen LogP) is 2.80. The van der Waals surface area contributed by atoms with Crippen LogP contribution in [0.2, 0.25) is 0 Å². The molecule has 2 aromatic rings. The molecule has 7 heteroatoms. The SMILES string of the molecule is O=C(NC1CCOCC1)N1CCC([C@@H](O)CC2c3ccccc3-c3cncn32)CC1. The van der Waals surface area contributed by atoms with E-state index in [9.17, 15) is 9.90 Å². The van der Waals surface area contributed by atoms with E-state index in [0.717, 1.165) is 44.6 Å². The van der Waals surface area contributed by atoms with Crippen molar-refractivity contribution in [1.82, 2.24) is 19.8 Å². The highest BCUT2D eigenvalue weighted by Gasteiger charge is 2.34. The van der Waals surface area contributed by atoms with Crippen molar-refractivity contribution in [3.05, 3.63) is 42.4 Å². The fourth-order valence-electron chi connectivity index (χ4n) is 5.19. The summed E-state index contributed by atoms with van der Waals surface area (Å²) in [6, 6.07) is 8.78. The fraction of sp³-hybridized carbons (Fsp3) is 0.565. The van der Waals surface area contributed by atoms with E-state index in [1.54, 1.807) is 0 Å². The maximum absolute atomic E-state index is 12.6. The summed E-state index contributed by atoms with van der Waals surface area (Å²) in [7, 11) is 0. The first-order valence-corrected chi connectivity index (χ1v) is 11.1. The number of benzene rings is 1. The molecule has 3 aliphatic rings. The van der Waals surface area contributed by atoms with Gasteiger partial charge in [-0.1, -0.05) is 24.3 Å². The van der Waals surface area contributed by atoms with Crippen molar-refractivity contribution in [1.29, 1.82) is 0 Å². The molecular formula is C23H30N4O3. The van der Waals surface area contributed by atoms with Crippen LogP contribution in [0.5, 0.6) is 0 Å². The zero-order valence-electron chi connectivity index (χ0n) is 17.2. The number of aliphatic hydroxyl groups excluding tert-OH is 1. The number of nitrogens with zero attached hydrogens (tertiary/aromatic N) is 3. The highest BCUT2D eigenvalue weighted by atomic mass is 16.5. The summed E-state index contributed by atoms with van der Waals surface area (Å²) in [5, 5.41) is 14.2. The number of urea groups is 1. The van der Waals surface area contributed by atoms with Gasteiger partial charge in [0.05, 0.1) is 30.4 Å². The van der Waals surface area contributed by atoms with Crippen molar-refractivity contribution in [2.75, 3.05) is 26.3 Å². The van der Waals surface area contributed by atoms with Crippen LogP contribution in [0.3, 0.4) is 0 Å². The molecule has 1 aromatic carbocycles. The lowest BCUT2D eigenvalue weighted by Crippen LogP contribution is -2.50. The van der Waals surface area contributed by atoms with Gasteiger partial charge in [-0.15, -0.1) is 0 Å². The molecule has 2 N–H and O–H groups in total. The van der Waals surface area contributed by atoms with Crippen LogP contribution in [-0.2, 0) is 4.74 Å². The van der Waals surface area contributed by atoms with Crippen LogP contribution >= 0.6 is 0 Å². The number of hydrogen-bond acceptors (Lipinski definition) is 4. The predicted molar refractivity (Wildman–Crippen MR) is 113 cm³/mol. The largest absolute Gasteiger partial charge is 0.393 e. The monoisotopic (exact) mass is 410 g/mol. The third-order valence-corrected chi connectivity index (χ3v) is 6.98. The number of carbonyl (C=O) groups is 1. The van der Waals surface area contributed by atoms with Crippen LogP contribution in [0.25, 0.3) is 11.3 Å². The molecule has 160 valence electrons. The normalized spacial score (nSPS) is 23.1. The Kier molecular flexibility index (Phi) is 5.48. The van der Waals surface area contributed by atoms with Gasteiger partial charge in [-0.2, -0.15) is 0 Å². The van der Waals surface area contributed by atoms with Crippen molar-refractivity contribution in [2.45, 2.75) is 50.3 Å². The zero-order valence-corrected chi connectivity index (χ0v) is 17.2. The minimum absolute atomic E-state index is 0.0302. The Labute approximate surface area is 177 Å². The number of fused-ring (bicyclic) bond motifs is 3. The molecule has 30 heavy (non-hydrogen) atoms. The second-order valence-corrected chi connectivity index (χ2v) is 8.75. The minimum atomic E-state index is -0.392. The summed E-state index contributed by atoms with van der Waals surface area (Å²) in [6.07, 6.45) is 7.52. The molecule has 4 heterocycles. The number of ether oxygens (including phenoxy) is 1. The van der Waals surface area contributed by atoms with Crippen LogP contribution in [0.4, 0.5) is 4.79 Å². The standard InChI is InChI=1S/C23H30N4O3/c28-22(13-20-18-3-1-2-4-19(18)21-14-24-15-27(20)21)16-5-9-26(10-6-16)23(29)25-17-7-11-30-12-8-17/h1-4,14-17,20,22,28H,5-13H2,(H,25,29)/t20?,22-/m0/s1. The van der Waals surface area contributed by atoms with E-state index in [0.29, 0.717) is 19.5 Å². The summed E-state index contributed by atoms with van der Waals surface area (Å²) in [5.74, 6) is 0.219. The maximum atomic E-state index is 12.6. The number of amides is 2. The van der Waals surface area contributed by atoms with Gasteiger partial charge in [-0.25, -0.2) is 9.78 Å². The number of imidazole rings is 1. The Morgan fingerprint density at radius 2 is 1.97 bits per heavy atom. The van der Waals surface area contributed by atoms with Crippen molar-refractivity contribution < 1.29 is 14.6 Å². The Hall–Kier alpha value is -2.38. The molecule has 2 saturated heterocycles. The number of carbonyl (C=O) groups excluding carboxylic acids is 1. The molecule has 5 rings (SSSR count). The number of rotatable bonds is 4. The number of aromatic nitrogens is 2. The first-order chi connectivity index (χ1) is 14.7. The molecule has 0 saturated carbocycles. The molecule has 0 spiro atoms. The van der Waals surface area contributed by atoms with E-state index < -0.39 is 6.10 Å². The number of aliphatic hydroxyl groups is 1. The first-order valence-electron chi connectivity index (χ1n) is 11.1. The highest BCUT2D eigenvalue weighted by molar-refractivity contribution is 5.74. The molecule has 1 unspecified atom stereocenters. The van der Waals surface area contributed by atoms with Gasteiger partial charge in [0.2, 0.25) is 0 Å². The fourth-order valence-corrected chi connectivity index (χ4v) is 5.19. The molecule has 7 nitrogen and oxygen atoms in total. The van der Waals surface area contributed by atoms with Gasteiger partial charge in [0.25, 0.3) is 0 Å². The summed E-state index contributed by atoms with van der Waals surface area (Å²) >= 11 is 0. The lowest BCUT2D eigenvalue weighted by Gasteiger charge is -2.36. The minimum Gasteiger partial charge on any atom is -0.393 e. The first kappa shape index (κ1) is 19.6. The molecule has 0 bridgehead atoms. The van der Waals surface area contributed by atoms with Crippen molar-refractivity contribution in [3.8, 4) is 11.3 Å². The van der Waals surface area contributed by atoms with Gasteiger partial charge in [0.1, 0.15) is 0 Å². The van der Waals surface area contributed by atoms with Crippen LogP contribution in [0.1, 0.15) is 43.7 Å². The van der Waals surface area contributed by atoms with Crippen LogP contribution < -0.4 is 5.32 Å². The average Bonchev–Trinajstić information content (AvgIpc) is 3.37. The topological polar surface area (TPSA) is 79.6 Å². The molecular weight excluding hydrogens is 380 g/mol. The highest BCUT2D eigenvalue weighted by Crippen LogP contribution is 2.42. The van der Waals surface area contributed by atoms with Crippen LogP contribution in [0.15, 0.2) is 36.8 Å². The van der Waals surface area contributed by atoms with E-state index >= 15 is 0 Å². The maximum Gasteiger partial charge on any atom is 0.317 e. The van der Waals surface area contributed by atoms with Crippen LogP contribution in [0, 0.1) is 5.92 Å². The molecule has 0 aliphatic carbocycles.